The fourth-order valence-corrected chi connectivity index (χ4v) is 2.93. The Bertz CT molecular complexity index is 577. The van der Waals surface area contributed by atoms with Gasteiger partial charge >= 0.3 is 0 Å². The maximum atomic E-state index is 3.75. The van der Waals surface area contributed by atoms with E-state index in [0.717, 1.165) is 13.0 Å². The lowest BCUT2D eigenvalue weighted by molar-refractivity contribution is 0.596. The van der Waals surface area contributed by atoms with Gasteiger partial charge in [-0.3, -0.25) is 0 Å². The second-order valence-electron chi connectivity index (χ2n) is 5.28. The van der Waals surface area contributed by atoms with Crippen LogP contribution in [0.3, 0.4) is 0 Å². The van der Waals surface area contributed by atoms with E-state index in [0.29, 0.717) is 0 Å². The normalized spacial score (nSPS) is 12.4. The Kier molecular flexibility index (Phi) is 5.38. The first kappa shape index (κ1) is 15.3. The quantitative estimate of drug-likeness (QED) is 0.798. The molecule has 2 rings (SSSR count). The molecule has 1 atom stereocenters. The highest BCUT2D eigenvalue weighted by atomic mass is 79.9. The van der Waals surface area contributed by atoms with Gasteiger partial charge in [0.1, 0.15) is 0 Å². The van der Waals surface area contributed by atoms with Crippen LogP contribution in [0.2, 0.25) is 0 Å². The van der Waals surface area contributed by atoms with Crippen molar-refractivity contribution in [1.82, 2.24) is 5.32 Å². The minimum Gasteiger partial charge on any atom is -0.306 e. The molecule has 0 spiro atoms. The second-order valence-corrected chi connectivity index (χ2v) is 6.07. The Morgan fingerprint density at radius 1 is 1.10 bits per heavy atom. The molecule has 20 heavy (non-hydrogen) atoms. The van der Waals surface area contributed by atoms with Gasteiger partial charge < -0.3 is 5.32 Å². The molecule has 2 aromatic carbocycles. The molecule has 1 N–H and O–H groups in total. The summed E-state index contributed by atoms with van der Waals surface area (Å²) in [6, 6.07) is 15.5. The summed E-state index contributed by atoms with van der Waals surface area (Å²) in [6.45, 7) is 7.50. The molecule has 0 aliphatic rings. The number of halogens is 1. The van der Waals surface area contributed by atoms with Crippen molar-refractivity contribution in [3.8, 4) is 0 Å². The summed E-state index contributed by atoms with van der Waals surface area (Å²) in [5.74, 6) is 0. The smallest absolute Gasteiger partial charge is 0.0588 e. The Balaban J connectivity index is 2.44. The van der Waals surface area contributed by atoms with Crippen molar-refractivity contribution in [3.05, 3.63) is 69.2 Å². The minimum atomic E-state index is 0.240. The molecule has 0 saturated carbocycles. The van der Waals surface area contributed by atoms with Crippen LogP contribution in [0.5, 0.6) is 0 Å². The first-order valence-electron chi connectivity index (χ1n) is 7.18. The van der Waals surface area contributed by atoms with Crippen molar-refractivity contribution in [2.45, 2.75) is 33.2 Å². The van der Waals surface area contributed by atoms with E-state index in [4.69, 9.17) is 0 Å². The fourth-order valence-electron chi connectivity index (χ4n) is 2.44. The van der Waals surface area contributed by atoms with Crippen LogP contribution in [-0.2, 0) is 0 Å². The summed E-state index contributed by atoms with van der Waals surface area (Å²) in [5, 5.41) is 3.67. The van der Waals surface area contributed by atoms with E-state index in [2.05, 4.69) is 84.5 Å². The standard InChI is InChI=1S/C18H22BrN/c1-4-11-20-18(15-9-5-7-13(2)12-15)16-10-6-8-14(3)17(16)19/h5-10,12,18,20H,4,11H2,1-3H3. The first-order chi connectivity index (χ1) is 9.63. The number of hydrogen-bond donors (Lipinski definition) is 1. The third-order valence-electron chi connectivity index (χ3n) is 3.51. The topological polar surface area (TPSA) is 12.0 Å². The van der Waals surface area contributed by atoms with Gasteiger partial charge in [-0.05, 0) is 43.5 Å². The van der Waals surface area contributed by atoms with Crippen LogP contribution < -0.4 is 5.32 Å². The Morgan fingerprint density at radius 3 is 2.55 bits per heavy atom. The van der Waals surface area contributed by atoms with Gasteiger partial charge in [-0.15, -0.1) is 0 Å². The summed E-state index contributed by atoms with van der Waals surface area (Å²) in [6.07, 6.45) is 1.13. The molecule has 2 heteroatoms. The number of nitrogens with one attached hydrogen (secondary N) is 1. The predicted octanol–water partition coefficient (Wildman–Crippen LogP) is 5.15. The number of benzene rings is 2. The van der Waals surface area contributed by atoms with Gasteiger partial charge in [0.2, 0.25) is 0 Å². The summed E-state index contributed by atoms with van der Waals surface area (Å²) in [7, 11) is 0. The van der Waals surface area contributed by atoms with Gasteiger partial charge in [0.15, 0.2) is 0 Å². The molecule has 0 saturated heterocycles. The lowest BCUT2D eigenvalue weighted by Crippen LogP contribution is -2.23. The maximum Gasteiger partial charge on any atom is 0.0588 e. The van der Waals surface area contributed by atoms with E-state index in [1.54, 1.807) is 0 Å². The van der Waals surface area contributed by atoms with Crippen molar-refractivity contribution in [3.63, 3.8) is 0 Å². The highest BCUT2D eigenvalue weighted by Gasteiger charge is 2.16. The molecule has 0 bridgehead atoms. The second kappa shape index (κ2) is 7.05. The van der Waals surface area contributed by atoms with Crippen molar-refractivity contribution < 1.29 is 0 Å². The highest BCUT2D eigenvalue weighted by molar-refractivity contribution is 9.10. The largest absolute Gasteiger partial charge is 0.306 e. The van der Waals surface area contributed by atoms with E-state index in [1.165, 1.54) is 26.7 Å². The van der Waals surface area contributed by atoms with Crippen LogP contribution in [0.15, 0.2) is 46.9 Å². The van der Waals surface area contributed by atoms with Gasteiger partial charge in [0.25, 0.3) is 0 Å². The lowest BCUT2D eigenvalue weighted by atomic mass is 9.96. The average molecular weight is 332 g/mol. The molecule has 0 amide bonds. The van der Waals surface area contributed by atoms with E-state index in [1.807, 2.05) is 0 Å². The molecule has 0 heterocycles. The molecule has 0 aromatic heterocycles. The third-order valence-corrected chi connectivity index (χ3v) is 4.59. The van der Waals surface area contributed by atoms with Gasteiger partial charge in [-0.2, -0.15) is 0 Å². The number of rotatable bonds is 5. The van der Waals surface area contributed by atoms with Crippen LogP contribution in [0.25, 0.3) is 0 Å². The zero-order valence-electron chi connectivity index (χ0n) is 12.4. The Labute approximate surface area is 130 Å². The van der Waals surface area contributed by atoms with Crippen LogP contribution in [0, 0.1) is 13.8 Å². The highest BCUT2D eigenvalue weighted by Crippen LogP contribution is 2.31. The van der Waals surface area contributed by atoms with E-state index < -0.39 is 0 Å². The van der Waals surface area contributed by atoms with Gasteiger partial charge in [-0.25, -0.2) is 0 Å². The zero-order chi connectivity index (χ0) is 14.5. The first-order valence-corrected chi connectivity index (χ1v) is 7.97. The summed E-state index contributed by atoms with van der Waals surface area (Å²) in [5.41, 5.74) is 5.21. The van der Waals surface area contributed by atoms with Crippen molar-refractivity contribution in [2.75, 3.05) is 6.54 Å². The van der Waals surface area contributed by atoms with Crippen molar-refractivity contribution in [1.29, 1.82) is 0 Å². The van der Waals surface area contributed by atoms with Crippen LogP contribution in [-0.4, -0.2) is 6.54 Å². The summed E-state index contributed by atoms with van der Waals surface area (Å²) in [4.78, 5) is 0. The number of aryl methyl sites for hydroxylation is 2. The fraction of sp³-hybridized carbons (Fsp3) is 0.333. The molecular weight excluding hydrogens is 310 g/mol. The maximum absolute atomic E-state index is 3.75. The zero-order valence-corrected chi connectivity index (χ0v) is 14.0. The molecule has 0 aliphatic carbocycles. The Morgan fingerprint density at radius 2 is 1.85 bits per heavy atom. The predicted molar refractivity (Wildman–Crippen MR) is 90.2 cm³/mol. The average Bonchev–Trinajstić information content (AvgIpc) is 2.44. The van der Waals surface area contributed by atoms with Gasteiger partial charge in [-0.1, -0.05) is 70.9 Å². The molecule has 0 fully saturated rings. The van der Waals surface area contributed by atoms with E-state index in [9.17, 15) is 0 Å². The molecule has 1 nitrogen and oxygen atoms in total. The molecule has 1 unspecified atom stereocenters. The molecule has 2 aromatic rings. The van der Waals surface area contributed by atoms with Gasteiger partial charge in [0, 0.05) is 4.47 Å². The molecule has 106 valence electrons. The van der Waals surface area contributed by atoms with Crippen molar-refractivity contribution >= 4 is 15.9 Å². The summed E-state index contributed by atoms with van der Waals surface area (Å²) >= 11 is 3.75. The molecule has 0 radical (unpaired) electrons. The van der Waals surface area contributed by atoms with Gasteiger partial charge in [0.05, 0.1) is 6.04 Å². The third kappa shape index (κ3) is 3.50. The van der Waals surface area contributed by atoms with E-state index >= 15 is 0 Å². The lowest BCUT2D eigenvalue weighted by Gasteiger charge is -2.22. The summed E-state index contributed by atoms with van der Waals surface area (Å²) < 4.78 is 1.20. The monoisotopic (exact) mass is 331 g/mol. The number of hydrogen-bond acceptors (Lipinski definition) is 1. The minimum absolute atomic E-state index is 0.240. The Hall–Kier alpha value is -1.12. The molecule has 0 aliphatic heterocycles. The van der Waals surface area contributed by atoms with Crippen LogP contribution >= 0.6 is 15.9 Å². The van der Waals surface area contributed by atoms with E-state index in [-0.39, 0.29) is 6.04 Å². The SMILES string of the molecule is CCCNC(c1cccc(C)c1)c1cccc(C)c1Br. The van der Waals surface area contributed by atoms with Crippen molar-refractivity contribution in [2.24, 2.45) is 0 Å². The van der Waals surface area contributed by atoms with Crippen LogP contribution in [0.4, 0.5) is 0 Å². The molecular formula is C18H22BrN. The van der Waals surface area contributed by atoms with Crippen LogP contribution in [0.1, 0.15) is 41.6 Å².